The van der Waals surface area contributed by atoms with Gasteiger partial charge < -0.3 is 15.0 Å². The molecular formula is C17H16N2O2. The van der Waals surface area contributed by atoms with Crippen molar-refractivity contribution in [3.63, 3.8) is 0 Å². The number of hydrogen-bond acceptors (Lipinski definition) is 3. The van der Waals surface area contributed by atoms with Crippen LogP contribution in [-0.2, 0) is 11.3 Å². The lowest BCUT2D eigenvalue weighted by Crippen LogP contribution is -2.11. The second-order valence-corrected chi connectivity index (χ2v) is 4.80. The lowest BCUT2D eigenvalue weighted by atomic mass is 10.2. The second-order valence-electron chi connectivity index (χ2n) is 4.80. The molecule has 0 aliphatic rings. The summed E-state index contributed by atoms with van der Waals surface area (Å²) in [5, 5.41) is 1.02. The van der Waals surface area contributed by atoms with E-state index in [-0.39, 0.29) is 5.97 Å². The van der Waals surface area contributed by atoms with Gasteiger partial charge in [0.25, 0.3) is 0 Å². The van der Waals surface area contributed by atoms with E-state index in [9.17, 15) is 4.79 Å². The van der Waals surface area contributed by atoms with Crippen LogP contribution in [-0.4, -0.2) is 17.1 Å². The first-order valence-corrected chi connectivity index (χ1v) is 6.81. The number of aromatic nitrogens is 1. The minimum Gasteiger partial charge on any atom is -0.460 e. The smallest absolute Gasteiger partial charge is 0.338 e. The zero-order chi connectivity index (χ0) is 14.7. The molecule has 0 saturated carbocycles. The number of carbonyl (C=O) groups excluding carboxylic acids is 1. The summed E-state index contributed by atoms with van der Waals surface area (Å²) in [7, 11) is 0. The van der Waals surface area contributed by atoms with Crippen molar-refractivity contribution in [2.75, 3.05) is 12.3 Å². The maximum atomic E-state index is 11.8. The van der Waals surface area contributed by atoms with Crippen LogP contribution in [0.5, 0.6) is 0 Å². The predicted molar refractivity (Wildman–Crippen MR) is 83.1 cm³/mol. The first kappa shape index (κ1) is 13.2. The lowest BCUT2D eigenvalue weighted by Gasteiger charge is -2.07. The Bertz CT molecular complexity index is 763. The van der Waals surface area contributed by atoms with Crippen molar-refractivity contribution in [1.29, 1.82) is 0 Å². The number of fused-ring (bicyclic) bond motifs is 1. The molecule has 0 aliphatic heterocycles. The largest absolute Gasteiger partial charge is 0.460 e. The Kier molecular flexibility index (Phi) is 3.60. The summed E-state index contributed by atoms with van der Waals surface area (Å²) in [6.07, 6.45) is 1.88. The minimum atomic E-state index is -0.306. The van der Waals surface area contributed by atoms with E-state index in [1.54, 1.807) is 12.1 Å². The summed E-state index contributed by atoms with van der Waals surface area (Å²) in [5.41, 5.74) is 8.32. The van der Waals surface area contributed by atoms with Crippen LogP contribution in [0.25, 0.3) is 10.9 Å². The number of carbonyl (C=O) groups is 1. The summed E-state index contributed by atoms with van der Waals surface area (Å²) in [4.78, 5) is 11.8. The molecule has 0 amide bonds. The van der Waals surface area contributed by atoms with Gasteiger partial charge in [-0.15, -0.1) is 0 Å². The zero-order valence-corrected chi connectivity index (χ0v) is 11.5. The standard InChI is InChI=1S/C17H16N2O2/c18-15-12-19(16-9-5-4-8-14(15)16)10-11-21-17(20)13-6-2-1-3-7-13/h1-9,12H,10-11,18H2. The van der Waals surface area contributed by atoms with Crippen LogP contribution >= 0.6 is 0 Å². The van der Waals surface area contributed by atoms with Crippen LogP contribution in [0, 0.1) is 0 Å². The van der Waals surface area contributed by atoms with Crippen LogP contribution in [0.15, 0.2) is 60.8 Å². The number of rotatable bonds is 4. The molecule has 0 unspecified atom stereocenters. The second kappa shape index (κ2) is 5.71. The molecule has 1 aromatic heterocycles. The van der Waals surface area contributed by atoms with E-state index in [0.717, 1.165) is 16.6 Å². The number of nitrogen functional groups attached to an aromatic ring is 1. The first-order chi connectivity index (χ1) is 10.3. The molecule has 106 valence electrons. The lowest BCUT2D eigenvalue weighted by molar-refractivity contribution is 0.0492. The Labute approximate surface area is 122 Å². The third kappa shape index (κ3) is 2.74. The van der Waals surface area contributed by atoms with Gasteiger partial charge in [0.15, 0.2) is 0 Å². The fourth-order valence-corrected chi connectivity index (χ4v) is 2.35. The van der Waals surface area contributed by atoms with Crippen LogP contribution in [0.2, 0.25) is 0 Å². The molecule has 0 fully saturated rings. The average Bonchev–Trinajstić information content (AvgIpc) is 2.85. The first-order valence-electron chi connectivity index (χ1n) is 6.81. The van der Waals surface area contributed by atoms with Crippen LogP contribution < -0.4 is 5.73 Å². The summed E-state index contributed by atoms with van der Waals surface area (Å²) in [6, 6.07) is 16.9. The Morgan fingerprint density at radius 3 is 2.57 bits per heavy atom. The van der Waals surface area contributed by atoms with Gasteiger partial charge in [-0.25, -0.2) is 4.79 Å². The Morgan fingerprint density at radius 1 is 1.05 bits per heavy atom. The molecule has 0 atom stereocenters. The molecular weight excluding hydrogens is 264 g/mol. The molecule has 0 bridgehead atoms. The molecule has 1 heterocycles. The van der Waals surface area contributed by atoms with E-state index in [1.807, 2.05) is 53.2 Å². The highest BCUT2D eigenvalue weighted by atomic mass is 16.5. The normalized spacial score (nSPS) is 10.7. The van der Waals surface area contributed by atoms with Gasteiger partial charge in [0, 0.05) is 11.6 Å². The van der Waals surface area contributed by atoms with E-state index in [2.05, 4.69) is 0 Å². The van der Waals surface area contributed by atoms with Crippen molar-refractivity contribution in [1.82, 2.24) is 4.57 Å². The summed E-state index contributed by atoms with van der Waals surface area (Å²) in [5.74, 6) is -0.306. The fourth-order valence-electron chi connectivity index (χ4n) is 2.35. The molecule has 2 N–H and O–H groups in total. The highest BCUT2D eigenvalue weighted by Gasteiger charge is 2.08. The third-order valence-corrected chi connectivity index (χ3v) is 3.39. The van der Waals surface area contributed by atoms with E-state index in [0.29, 0.717) is 18.7 Å². The van der Waals surface area contributed by atoms with Crippen molar-refractivity contribution >= 4 is 22.6 Å². The molecule has 4 heteroatoms. The Balaban J connectivity index is 1.66. The Morgan fingerprint density at radius 2 is 1.76 bits per heavy atom. The molecule has 0 spiro atoms. The number of para-hydroxylation sites is 1. The number of nitrogens with zero attached hydrogens (tertiary/aromatic N) is 1. The van der Waals surface area contributed by atoms with Crippen molar-refractivity contribution in [2.45, 2.75) is 6.54 Å². The van der Waals surface area contributed by atoms with Gasteiger partial charge in [-0.1, -0.05) is 36.4 Å². The van der Waals surface area contributed by atoms with Gasteiger partial charge in [-0.3, -0.25) is 0 Å². The van der Waals surface area contributed by atoms with Crippen molar-refractivity contribution in [3.8, 4) is 0 Å². The van der Waals surface area contributed by atoms with Crippen molar-refractivity contribution in [3.05, 3.63) is 66.4 Å². The van der Waals surface area contributed by atoms with Gasteiger partial charge in [0.2, 0.25) is 0 Å². The van der Waals surface area contributed by atoms with E-state index < -0.39 is 0 Å². The van der Waals surface area contributed by atoms with Crippen molar-refractivity contribution < 1.29 is 9.53 Å². The van der Waals surface area contributed by atoms with E-state index in [4.69, 9.17) is 10.5 Å². The molecule has 21 heavy (non-hydrogen) atoms. The summed E-state index contributed by atoms with van der Waals surface area (Å²) >= 11 is 0. The fraction of sp³-hybridized carbons (Fsp3) is 0.118. The SMILES string of the molecule is Nc1cn(CCOC(=O)c2ccccc2)c2ccccc12. The molecule has 0 aliphatic carbocycles. The highest BCUT2D eigenvalue weighted by Crippen LogP contribution is 2.22. The number of ether oxygens (including phenoxy) is 1. The summed E-state index contributed by atoms with van der Waals surface area (Å²) in [6.45, 7) is 0.891. The highest BCUT2D eigenvalue weighted by molar-refractivity contribution is 5.91. The van der Waals surface area contributed by atoms with Gasteiger partial charge >= 0.3 is 5.97 Å². The quantitative estimate of drug-likeness (QED) is 0.747. The van der Waals surface area contributed by atoms with E-state index in [1.165, 1.54) is 0 Å². The number of benzene rings is 2. The number of hydrogen-bond donors (Lipinski definition) is 1. The number of esters is 1. The summed E-state index contributed by atoms with van der Waals surface area (Å²) < 4.78 is 7.29. The number of nitrogens with two attached hydrogens (primary N) is 1. The van der Waals surface area contributed by atoms with E-state index >= 15 is 0 Å². The van der Waals surface area contributed by atoms with Crippen LogP contribution in [0.4, 0.5) is 5.69 Å². The molecule has 0 radical (unpaired) electrons. The molecule has 3 aromatic rings. The minimum absolute atomic E-state index is 0.306. The van der Waals surface area contributed by atoms with Gasteiger partial charge in [-0.2, -0.15) is 0 Å². The molecule has 0 saturated heterocycles. The van der Waals surface area contributed by atoms with Crippen LogP contribution in [0.1, 0.15) is 10.4 Å². The monoisotopic (exact) mass is 280 g/mol. The maximum Gasteiger partial charge on any atom is 0.338 e. The van der Waals surface area contributed by atoms with Gasteiger partial charge in [0.1, 0.15) is 6.61 Å². The van der Waals surface area contributed by atoms with Crippen LogP contribution in [0.3, 0.4) is 0 Å². The zero-order valence-electron chi connectivity index (χ0n) is 11.5. The Hall–Kier alpha value is -2.75. The molecule has 4 nitrogen and oxygen atoms in total. The predicted octanol–water partition coefficient (Wildman–Crippen LogP) is 3.08. The van der Waals surface area contributed by atoms with Gasteiger partial charge in [0.05, 0.1) is 23.3 Å². The topological polar surface area (TPSA) is 57.2 Å². The average molecular weight is 280 g/mol. The third-order valence-electron chi connectivity index (χ3n) is 3.39. The van der Waals surface area contributed by atoms with Crippen molar-refractivity contribution in [2.24, 2.45) is 0 Å². The van der Waals surface area contributed by atoms with Gasteiger partial charge in [-0.05, 0) is 18.2 Å². The maximum absolute atomic E-state index is 11.8. The molecule has 2 aromatic carbocycles. The number of anilines is 1. The molecule has 3 rings (SSSR count).